The summed E-state index contributed by atoms with van der Waals surface area (Å²) in [6.45, 7) is 1.96. The number of hydrogen-bond donors (Lipinski definition) is 0. The highest BCUT2D eigenvalue weighted by molar-refractivity contribution is 7.71. The number of benzene rings is 1. The lowest BCUT2D eigenvalue weighted by molar-refractivity contribution is 0.627. The fourth-order valence-electron chi connectivity index (χ4n) is 0.756. The van der Waals surface area contributed by atoms with E-state index < -0.39 is 10.3 Å². The maximum atomic E-state index is 10.2. The van der Waals surface area contributed by atoms with Gasteiger partial charge in [-0.1, -0.05) is 29.8 Å². The molecule has 0 saturated carbocycles. The zero-order valence-electron chi connectivity index (χ0n) is 6.11. The smallest absolute Gasteiger partial charge is 0.185 e. The molecule has 0 aliphatic rings. The van der Waals surface area contributed by atoms with Crippen LogP contribution in [0.3, 0.4) is 0 Å². The second kappa shape index (κ2) is 3.34. The number of hydrogen-bond acceptors (Lipinski definition) is 2. The lowest BCUT2D eigenvalue weighted by Crippen LogP contribution is -1.80. The predicted octanol–water partition coefficient (Wildman–Crippen LogP) is 1.02. The van der Waals surface area contributed by atoms with Gasteiger partial charge in [0.15, 0.2) is 0 Å². The zero-order chi connectivity index (χ0) is 8.27. The second-order valence-corrected chi connectivity index (χ2v) is 3.05. The predicted molar refractivity (Wildman–Crippen MR) is 45.3 cm³/mol. The Morgan fingerprint density at radius 1 is 1.18 bits per heavy atom. The van der Waals surface area contributed by atoms with E-state index in [9.17, 15) is 8.42 Å². The van der Waals surface area contributed by atoms with Crippen LogP contribution in [0.25, 0.3) is 0 Å². The van der Waals surface area contributed by atoms with Gasteiger partial charge in [0.2, 0.25) is 10.3 Å². The summed E-state index contributed by atoms with van der Waals surface area (Å²) >= 11 is 0. The average molecular weight is 168 g/mol. The molecule has 1 aromatic carbocycles. The first-order chi connectivity index (χ1) is 5.18. The Morgan fingerprint density at radius 2 is 1.73 bits per heavy atom. The van der Waals surface area contributed by atoms with Crippen LogP contribution < -0.4 is 0 Å². The summed E-state index contributed by atoms with van der Waals surface area (Å²) < 4.78 is 20.4. The van der Waals surface area contributed by atoms with Crippen molar-refractivity contribution in [1.29, 1.82) is 0 Å². The molecule has 0 heterocycles. The van der Waals surface area contributed by atoms with Crippen LogP contribution in [0.4, 0.5) is 0 Å². The first kappa shape index (κ1) is 8.01. The third kappa shape index (κ3) is 2.55. The summed E-state index contributed by atoms with van der Waals surface area (Å²) in [5.74, 6) is 0. The van der Waals surface area contributed by atoms with Crippen molar-refractivity contribution in [3.63, 3.8) is 0 Å². The van der Waals surface area contributed by atoms with Crippen LogP contribution in [0.15, 0.2) is 24.3 Å². The van der Waals surface area contributed by atoms with Gasteiger partial charge < -0.3 is 0 Å². The van der Waals surface area contributed by atoms with Gasteiger partial charge in [0.1, 0.15) is 0 Å². The molecule has 0 aliphatic carbocycles. The van der Waals surface area contributed by atoms with Gasteiger partial charge in [0.25, 0.3) is 0 Å². The summed E-state index contributed by atoms with van der Waals surface area (Å²) in [4.78, 5) is 0. The lowest BCUT2D eigenvalue weighted by Gasteiger charge is -1.90. The number of aryl methyl sites for hydroxylation is 1. The largest absolute Gasteiger partial charge is 0.214 e. The van der Waals surface area contributed by atoms with Crippen LogP contribution in [0, 0.1) is 6.92 Å². The molecular weight excluding hydrogens is 160 g/mol. The fraction of sp³-hybridized carbons (Fsp3) is 0.125. The molecule has 58 valence electrons. The van der Waals surface area contributed by atoms with Crippen molar-refractivity contribution in [1.82, 2.24) is 0 Å². The maximum Gasteiger partial charge on any atom is 0.214 e. The molecule has 2 nitrogen and oxygen atoms in total. The van der Waals surface area contributed by atoms with Gasteiger partial charge in [-0.3, -0.25) is 0 Å². The van der Waals surface area contributed by atoms with Crippen LogP contribution in [-0.2, 0) is 10.3 Å². The van der Waals surface area contributed by atoms with E-state index in [-0.39, 0.29) is 0 Å². The molecule has 0 amide bonds. The molecule has 0 unspecified atom stereocenters. The highest BCUT2D eigenvalue weighted by Crippen LogP contribution is 1.99. The van der Waals surface area contributed by atoms with Gasteiger partial charge in [-0.25, -0.2) is 0 Å². The van der Waals surface area contributed by atoms with E-state index in [1.54, 1.807) is 12.1 Å². The quantitative estimate of drug-likeness (QED) is 0.587. The van der Waals surface area contributed by atoms with Gasteiger partial charge in [0, 0.05) is 0 Å². The second-order valence-electron chi connectivity index (χ2n) is 2.29. The third-order valence-corrected chi connectivity index (χ3v) is 1.77. The lowest BCUT2D eigenvalue weighted by atomic mass is 10.2. The summed E-state index contributed by atoms with van der Waals surface area (Å²) in [6.07, 6.45) is 0. The molecular formula is C8H8O2S. The van der Waals surface area contributed by atoms with Crippen LogP contribution in [-0.4, -0.2) is 13.8 Å². The molecule has 0 aliphatic heterocycles. The Bertz CT molecular complexity index is 352. The molecule has 0 aromatic heterocycles. The van der Waals surface area contributed by atoms with Crippen molar-refractivity contribution >= 4 is 15.7 Å². The van der Waals surface area contributed by atoms with Crippen molar-refractivity contribution < 1.29 is 8.42 Å². The molecule has 11 heavy (non-hydrogen) atoms. The monoisotopic (exact) mass is 168 g/mol. The maximum absolute atomic E-state index is 10.2. The minimum absolute atomic E-state index is 0.712. The Labute approximate surface area is 67.0 Å². The van der Waals surface area contributed by atoms with Crippen molar-refractivity contribution in [3.8, 4) is 0 Å². The minimum atomic E-state index is -2.10. The van der Waals surface area contributed by atoms with E-state index in [0.29, 0.717) is 5.56 Å². The van der Waals surface area contributed by atoms with E-state index in [2.05, 4.69) is 0 Å². The van der Waals surface area contributed by atoms with Crippen LogP contribution >= 0.6 is 0 Å². The van der Waals surface area contributed by atoms with Crippen molar-refractivity contribution in [3.05, 3.63) is 35.4 Å². The molecule has 0 saturated heterocycles. The van der Waals surface area contributed by atoms with Gasteiger partial charge >= 0.3 is 0 Å². The van der Waals surface area contributed by atoms with Crippen LogP contribution in [0.2, 0.25) is 0 Å². The minimum Gasteiger partial charge on any atom is -0.185 e. The topological polar surface area (TPSA) is 34.1 Å². The molecule has 3 heteroatoms. The standard InChI is InChI=1S/C8H8O2S/c1-7-2-4-8(5-3-7)6-11(9)10/h2-6H,1H3. The Kier molecular flexibility index (Phi) is 2.44. The van der Waals surface area contributed by atoms with Crippen LogP contribution in [0.1, 0.15) is 11.1 Å². The Balaban J connectivity index is 3.09. The third-order valence-electron chi connectivity index (χ3n) is 1.31. The Hall–Kier alpha value is -1.09. The van der Waals surface area contributed by atoms with Gasteiger partial charge in [0.05, 0.1) is 5.37 Å². The highest BCUT2D eigenvalue weighted by atomic mass is 32.2. The van der Waals surface area contributed by atoms with Gasteiger partial charge in [-0.2, -0.15) is 8.42 Å². The molecule has 0 N–H and O–H groups in total. The van der Waals surface area contributed by atoms with E-state index in [1.807, 2.05) is 19.1 Å². The summed E-state index contributed by atoms with van der Waals surface area (Å²) in [6, 6.07) is 7.29. The van der Waals surface area contributed by atoms with Crippen LogP contribution in [0.5, 0.6) is 0 Å². The fourth-order valence-corrected chi connectivity index (χ4v) is 1.14. The summed E-state index contributed by atoms with van der Waals surface area (Å²) in [7, 11) is -2.10. The Morgan fingerprint density at radius 3 is 2.18 bits per heavy atom. The zero-order valence-corrected chi connectivity index (χ0v) is 6.93. The molecule has 0 atom stereocenters. The van der Waals surface area contributed by atoms with E-state index >= 15 is 0 Å². The van der Waals surface area contributed by atoms with Crippen molar-refractivity contribution in [2.75, 3.05) is 0 Å². The van der Waals surface area contributed by atoms with E-state index in [4.69, 9.17) is 0 Å². The number of rotatable bonds is 1. The molecule has 0 spiro atoms. The first-order valence-corrected chi connectivity index (χ1v) is 4.32. The first-order valence-electron chi connectivity index (χ1n) is 3.18. The van der Waals surface area contributed by atoms with Gasteiger partial charge in [-0.05, 0) is 12.5 Å². The highest BCUT2D eigenvalue weighted by Gasteiger charge is 1.86. The molecule has 0 bridgehead atoms. The SMILES string of the molecule is Cc1ccc(C=S(=O)=O)cc1. The summed E-state index contributed by atoms with van der Waals surface area (Å²) in [5.41, 5.74) is 1.84. The average Bonchev–Trinajstić information content (AvgIpc) is 1.93. The van der Waals surface area contributed by atoms with E-state index in [0.717, 1.165) is 5.56 Å². The van der Waals surface area contributed by atoms with Crippen molar-refractivity contribution in [2.24, 2.45) is 0 Å². The van der Waals surface area contributed by atoms with Crippen molar-refractivity contribution in [2.45, 2.75) is 6.92 Å². The van der Waals surface area contributed by atoms with Gasteiger partial charge in [-0.15, -0.1) is 0 Å². The molecule has 1 rings (SSSR count). The normalized spacial score (nSPS) is 9.18. The molecule has 1 aromatic rings. The molecule has 0 fully saturated rings. The van der Waals surface area contributed by atoms with E-state index in [1.165, 1.54) is 5.37 Å². The summed E-state index contributed by atoms with van der Waals surface area (Å²) in [5, 5.41) is 1.18. The molecule has 0 radical (unpaired) electrons.